The van der Waals surface area contributed by atoms with Gasteiger partial charge in [-0.3, -0.25) is 0 Å². The summed E-state index contributed by atoms with van der Waals surface area (Å²) in [5.41, 5.74) is 2.38. The standard InChI is InChI=1S/C11H12N2O2S/c1-7-5-8(15-2)3-4-9(7)11(14)10-6-12-16-13-10/h3-6,11,14H,1-2H3. The number of aliphatic hydroxyl groups is 1. The summed E-state index contributed by atoms with van der Waals surface area (Å²) in [6.45, 7) is 1.93. The molecular weight excluding hydrogens is 224 g/mol. The number of ether oxygens (including phenoxy) is 1. The van der Waals surface area contributed by atoms with E-state index in [4.69, 9.17) is 4.74 Å². The SMILES string of the molecule is COc1ccc(C(O)c2cnsn2)c(C)c1. The van der Waals surface area contributed by atoms with Crippen LogP contribution in [0, 0.1) is 6.92 Å². The van der Waals surface area contributed by atoms with Crippen molar-refractivity contribution in [2.75, 3.05) is 7.11 Å². The van der Waals surface area contributed by atoms with E-state index < -0.39 is 6.10 Å². The molecule has 0 bridgehead atoms. The topological polar surface area (TPSA) is 55.2 Å². The fraction of sp³-hybridized carbons (Fsp3) is 0.273. The van der Waals surface area contributed by atoms with Crippen LogP contribution in [-0.4, -0.2) is 21.0 Å². The van der Waals surface area contributed by atoms with Crippen LogP contribution in [0.15, 0.2) is 24.4 Å². The Bertz CT molecular complexity index is 471. The molecule has 0 saturated heterocycles. The maximum atomic E-state index is 10.1. The van der Waals surface area contributed by atoms with E-state index in [9.17, 15) is 5.11 Å². The van der Waals surface area contributed by atoms with Gasteiger partial charge in [0.25, 0.3) is 0 Å². The minimum atomic E-state index is -0.718. The fourth-order valence-electron chi connectivity index (χ4n) is 1.53. The lowest BCUT2D eigenvalue weighted by molar-refractivity contribution is 0.215. The molecule has 1 aromatic carbocycles. The first-order valence-electron chi connectivity index (χ1n) is 4.82. The van der Waals surface area contributed by atoms with Crippen molar-refractivity contribution in [2.45, 2.75) is 13.0 Å². The summed E-state index contributed by atoms with van der Waals surface area (Å²) in [4.78, 5) is 0. The van der Waals surface area contributed by atoms with Crippen LogP contribution in [-0.2, 0) is 0 Å². The molecule has 0 aliphatic rings. The maximum absolute atomic E-state index is 10.1. The van der Waals surface area contributed by atoms with Crippen molar-refractivity contribution in [1.82, 2.24) is 8.75 Å². The smallest absolute Gasteiger partial charge is 0.124 e. The molecular formula is C11H12N2O2S. The molecule has 1 unspecified atom stereocenters. The normalized spacial score (nSPS) is 12.4. The zero-order valence-corrected chi connectivity index (χ0v) is 9.86. The van der Waals surface area contributed by atoms with Crippen LogP contribution >= 0.6 is 11.7 Å². The van der Waals surface area contributed by atoms with Gasteiger partial charge in [0, 0.05) is 0 Å². The Morgan fingerprint density at radius 1 is 1.44 bits per heavy atom. The first-order chi connectivity index (χ1) is 7.72. The molecule has 84 valence electrons. The second kappa shape index (κ2) is 4.59. The number of benzene rings is 1. The molecule has 1 atom stereocenters. The van der Waals surface area contributed by atoms with Gasteiger partial charge in [-0.15, -0.1) is 0 Å². The van der Waals surface area contributed by atoms with E-state index in [1.54, 1.807) is 13.3 Å². The molecule has 5 heteroatoms. The van der Waals surface area contributed by atoms with Crippen molar-refractivity contribution in [1.29, 1.82) is 0 Å². The lowest BCUT2D eigenvalue weighted by Gasteiger charge is -2.12. The van der Waals surface area contributed by atoms with Crippen LogP contribution < -0.4 is 4.74 Å². The van der Waals surface area contributed by atoms with Gasteiger partial charge in [-0.1, -0.05) is 6.07 Å². The highest BCUT2D eigenvalue weighted by Gasteiger charge is 2.15. The largest absolute Gasteiger partial charge is 0.497 e. The summed E-state index contributed by atoms with van der Waals surface area (Å²) in [5.74, 6) is 0.782. The summed E-state index contributed by atoms with van der Waals surface area (Å²) >= 11 is 1.09. The van der Waals surface area contributed by atoms with Crippen LogP contribution in [0.5, 0.6) is 5.75 Å². The third-order valence-corrected chi connectivity index (χ3v) is 2.92. The maximum Gasteiger partial charge on any atom is 0.124 e. The highest BCUT2D eigenvalue weighted by atomic mass is 32.1. The Morgan fingerprint density at radius 3 is 2.81 bits per heavy atom. The predicted molar refractivity (Wildman–Crippen MR) is 61.7 cm³/mol. The van der Waals surface area contributed by atoms with Gasteiger partial charge in [0.05, 0.1) is 25.0 Å². The van der Waals surface area contributed by atoms with Crippen LogP contribution in [0.25, 0.3) is 0 Å². The predicted octanol–water partition coefficient (Wildman–Crippen LogP) is 1.94. The number of rotatable bonds is 3. The molecule has 0 fully saturated rings. The summed E-state index contributed by atoms with van der Waals surface area (Å²) < 4.78 is 13.0. The number of aromatic nitrogens is 2. The zero-order chi connectivity index (χ0) is 11.5. The van der Waals surface area contributed by atoms with Gasteiger partial charge < -0.3 is 9.84 Å². The summed E-state index contributed by atoms with van der Waals surface area (Å²) in [6.07, 6.45) is 0.864. The number of hydrogen-bond acceptors (Lipinski definition) is 5. The van der Waals surface area contributed by atoms with E-state index in [0.717, 1.165) is 28.6 Å². The first kappa shape index (κ1) is 11.0. The third kappa shape index (κ3) is 2.05. The van der Waals surface area contributed by atoms with Gasteiger partial charge in [0.1, 0.15) is 17.5 Å². The first-order valence-corrected chi connectivity index (χ1v) is 5.55. The molecule has 2 rings (SSSR count). The minimum Gasteiger partial charge on any atom is -0.497 e. The Balaban J connectivity index is 2.34. The third-order valence-electron chi connectivity index (χ3n) is 2.43. The van der Waals surface area contributed by atoms with Gasteiger partial charge >= 0.3 is 0 Å². The second-order valence-electron chi connectivity index (χ2n) is 3.46. The number of methoxy groups -OCH3 is 1. The molecule has 0 amide bonds. The van der Waals surface area contributed by atoms with E-state index in [1.807, 2.05) is 25.1 Å². The highest BCUT2D eigenvalue weighted by Crippen LogP contribution is 2.26. The fourth-order valence-corrected chi connectivity index (χ4v) is 1.98. The van der Waals surface area contributed by atoms with E-state index in [2.05, 4.69) is 8.75 Å². The molecule has 0 radical (unpaired) electrons. The van der Waals surface area contributed by atoms with Gasteiger partial charge in [0.2, 0.25) is 0 Å². The highest BCUT2D eigenvalue weighted by molar-refractivity contribution is 6.99. The summed E-state index contributed by atoms with van der Waals surface area (Å²) in [5, 5.41) is 10.1. The molecule has 1 aromatic heterocycles. The molecule has 1 N–H and O–H groups in total. The Hall–Kier alpha value is -1.46. The monoisotopic (exact) mass is 236 g/mol. The molecule has 0 aliphatic heterocycles. The van der Waals surface area contributed by atoms with E-state index >= 15 is 0 Å². The van der Waals surface area contributed by atoms with Crippen LogP contribution in [0.3, 0.4) is 0 Å². The van der Waals surface area contributed by atoms with Gasteiger partial charge in [-0.05, 0) is 30.2 Å². The molecule has 0 aliphatic carbocycles. The van der Waals surface area contributed by atoms with Crippen LogP contribution in [0.2, 0.25) is 0 Å². The van der Waals surface area contributed by atoms with Gasteiger partial charge in [-0.2, -0.15) is 8.75 Å². The minimum absolute atomic E-state index is 0.582. The van der Waals surface area contributed by atoms with E-state index in [0.29, 0.717) is 5.69 Å². The van der Waals surface area contributed by atoms with Crippen molar-refractivity contribution in [3.8, 4) is 5.75 Å². The molecule has 4 nitrogen and oxygen atoms in total. The van der Waals surface area contributed by atoms with Gasteiger partial charge in [-0.25, -0.2) is 0 Å². The van der Waals surface area contributed by atoms with Gasteiger partial charge in [0.15, 0.2) is 0 Å². The van der Waals surface area contributed by atoms with Crippen molar-refractivity contribution >= 4 is 11.7 Å². The lowest BCUT2D eigenvalue weighted by atomic mass is 10.0. The Labute approximate surface area is 97.9 Å². The quantitative estimate of drug-likeness (QED) is 0.884. The summed E-state index contributed by atoms with van der Waals surface area (Å²) in [7, 11) is 1.62. The van der Waals surface area contributed by atoms with E-state index in [1.165, 1.54) is 0 Å². The summed E-state index contributed by atoms with van der Waals surface area (Å²) in [6, 6.07) is 5.56. The van der Waals surface area contributed by atoms with Crippen LogP contribution in [0.1, 0.15) is 22.9 Å². The average Bonchev–Trinajstić information content (AvgIpc) is 2.81. The van der Waals surface area contributed by atoms with E-state index in [-0.39, 0.29) is 0 Å². The lowest BCUT2D eigenvalue weighted by Crippen LogP contribution is -2.02. The number of nitrogens with zero attached hydrogens (tertiary/aromatic N) is 2. The average molecular weight is 236 g/mol. The Kier molecular flexibility index (Phi) is 3.17. The Morgan fingerprint density at radius 2 is 2.25 bits per heavy atom. The number of aliphatic hydroxyl groups excluding tert-OH is 1. The molecule has 0 spiro atoms. The number of hydrogen-bond donors (Lipinski definition) is 1. The molecule has 2 aromatic rings. The van der Waals surface area contributed by atoms with Crippen molar-refractivity contribution in [3.05, 3.63) is 41.2 Å². The zero-order valence-electron chi connectivity index (χ0n) is 9.04. The van der Waals surface area contributed by atoms with Crippen molar-refractivity contribution < 1.29 is 9.84 Å². The number of aryl methyl sites for hydroxylation is 1. The second-order valence-corrected chi connectivity index (χ2v) is 4.01. The van der Waals surface area contributed by atoms with Crippen LogP contribution in [0.4, 0.5) is 0 Å². The molecule has 16 heavy (non-hydrogen) atoms. The van der Waals surface area contributed by atoms with Crippen molar-refractivity contribution in [2.24, 2.45) is 0 Å². The molecule has 0 saturated carbocycles. The van der Waals surface area contributed by atoms with Crippen molar-refractivity contribution in [3.63, 3.8) is 0 Å². The molecule has 1 heterocycles.